The van der Waals surface area contributed by atoms with Crippen molar-refractivity contribution in [3.63, 3.8) is 0 Å². The molecule has 40 valence electrons. The van der Waals surface area contributed by atoms with Crippen LogP contribution in [0.1, 0.15) is 13.8 Å². The zero-order valence-corrected chi connectivity index (χ0v) is 7.37. The topological polar surface area (TPSA) is 0 Å². The quantitative estimate of drug-likeness (QED) is 0.410. The highest BCUT2D eigenvalue weighted by molar-refractivity contribution is 7.16. The summed E-state index contributed by atoms with van der Waals surface area (Å²) in [5.41, 5.74) is 0. The highest BCUT2D eigenvalue weighted by Gasteiger charge is 1.84. The normalized spacial score (nSPS) is 8.50. The van der Waals surface area contributed by atoms with E-state index in [0.717, 1.165) is 5.92 Å². The van der Waals surface area contributed by atoms with Gasteiger partial charge in [0.25, 0.3) is 0 Å². The predicted molar refractivity (Wildman–Crippen MR) is 30.8 cm³/mol. The molecule has 1 atom stereocenters. The fraction of sp³-hybridized carbons (Fsp3) is 1.00. The van der Waals surface area contributed by atoms with Gasteiger partial charge in [0.05, 0.1) is 6.16 Å². The number of hydrogen-bond acceptors (Lipinski definition) is 0. The second-order valence-electron chi connectivity index (χ2n) is 1.68. The van der Waals surface area contributed by atoms with Crippen LogP contribution in [0.5, 0.6) is 0 Å². The largest absolute Gasteiger partial charge is 1.00 e. The first-order chi connectivity index (χ1) is 2.27. The van der Waals surface area contributed by atoms with Gasteiger partial charge in [-0.05, 0) is 15.2 Å². The Morgan fingerprint density at radius 3 is 1.67 bits per heavy atom. The summed E-state index contributed by atoms with van der Waals surface area (Å²) in [6.07, 6.45) is 1.33. The van der Waals surface area contributed by atoms with Gasteiger partial charge in [0.2, 0.25) is 0 Å². The van der Waals surface area contributed by atoms with Crippen LogP contribution in [0.4, 0.5) is 0 Å². The van der Waals surface area contributed by atoms with Crippen LogP contribution < -0.4 is 17.0 Å². The molecule has 0 aliphatic carbocycles. The third kappa shape index (κ3) is 8.86. The average molecular weight is 171 g/mol. The van der Waals surface area contributed by atoms with Crippen LogP contribution in [0.15, 0.2) is 0 Å². The SMILES string of the molecule is CC(C)C[PH3+].[Br-]. The summed E-state index contributed by atoms with van der Waals surface area (Å²) >= 11 is 0. The van der Waals surface area contributed by atoms with Gasteiger partial charge in [0.15, 0.2) is 0 Å². The van der Waals surface area contributed by atoms with Crippen LogP contribution in [0.25, 0.3) is 0 Å². The maximum Gasteiger partial charge on any atom is 0.0549 e. The lowest BCUT2D eigenvalue weighted by Gasteiger charge is -1.86. The van der Waals surface area contributed by atoms with Crippen molar-refractivity contribution in [1.29, 1.82) is 0 Å². The molecule has 0 saturated carbocycles. The van der Waals surface area contributed by atoms with Crippen molar-refractivity contribution in [2.75, 3.05) is 6.16 Å². The van der Waals surface area contributed by atoms with E-state index in [1.165, 1.54) is 6.16 Å². The van der Waals surface area contributed by atoms with Crippen molar-refractivity contribution in [3.8, 4) is 0 Å². The minimum absolute atomic E-state index is 0. The maximum atomic E-state index is 2.23. The molecule has 0 bridgehead atoms. The summed E-state index contributed by atoms with van der Waals surface area (Å²) in [6.45, 7) is 4.46. The van der Waals surface area contributed by atoms with Gasteiger partial charge in [-0.2, -0.15) is 0 Å². The molecule has 0 nitrogen and oxygen atoms in total. The van der Waals surface area contributed by atoms with Gasteiger partial charge >= 0.3 is 0 Å². The molecule has 0 aromatic heterocycles. The van der Waals surface area contributed by atoms with Gasteiger partial charge in [-0.25, -0.2) is 0 Å². The summed E-state index contributed by atoms with van der Waals surface area (Å²) in [5.74, 6) is 0.897. The van der Waals surface area contributed by atoms with Crippen LogP contribution >= 0.6 is 9.24 Å². The molecule has 0 spiro atoms. The maximum absolute atomic E-state index is 2.23. The summed E-state index contributed by atoms with van der Waals surface area (Å²) in [7, 11) is 2.03. The second-order valence-corrected chi connectivity index (χ2v) is 2.26. The molecule has 0 saturated heterocycles. The van der Waals surface area contributed by atoms with E-state index in [1.54, 1.807) is 0 Å². The molecular formula is C4H12BrP. The Balaban J connectivity index is 0. The molecule has 1 unspecified atom stereocenters. The summed E-state index contributed by atoms with van der Waals surface area (Å²) in [6, 6.07) is 0. The molecule has 0 aliphatic rings. The van der Waals surface area contributed by atoms with Gasteiger partial charge in [-0.1, -0.05) is 13.8 Å². The first kappa shape index (κ1) is 10.0. The van der Waals surface area contributed by atoms with Crippen LogP contribution in [0.2, 0.25) is 0 Å². The molecular weight excluding hydrogens is 159 g/mol. The Labute approximate surface area is 52.7 Å². The minimum Gasteiger partial charge on any atom is -1.00 e. The first-order valence-corrected chi connectivity index (χ1v) is 3.06. The van der Waals surface area contributed by atoms with Gasteiger partial charge in [-0.3, -0.25) is 0 Å². The van der Waals surface area contributed by atoms with E-state index in [4.69, 9.17) is 0 Å². The highest BCUT2D eigenvalue weighted by Crippen LogP contribution is 1.94. The van der Waals surface area contributed by atoms with E-state index in [0.29, 0.717) is 0 Å². The number of hydrogen-bond donors (Lipinski definition) is 0. The molecule has 0 aromatic rings. The van der Waals surface area contributed by atoms with Crippen molar-refractivity contribution in [2.24, 2.45) is 5.92 Å². The molecule has 0 radical (unpaired) electrons. The Bertz CT molecular complexity index is 21.5. The Hall–Kier alpha value is 0.910. The van der Waals surface area contributed by atoms with Gasteiger partial charge in [0.1, 0.15) is 0 Å². The van der Waals surface area contributed by atoms with Gasteiger partial charge in [-0.15, -0.1) is 0 Å². The van der Waals surface area contributed by atoms with Gasteiger partial charge in [0, 0.05) is 0 Å². The minimum atomic E-state index is 0. The number of halogens is 1. The fourth-order valence-corrected chi connectivity index (χ4v) is 0. The second kappa shape index (κ2) is 5.91. The van der Waals surface area contributed by atoms with Gasteiger partial charge < -0.3 is 17.0 Å². The predicted octanol–water partition coefficient (Wildman–Crippen LogP) is -1.75. The molecule has 0 N–H and O–H groups in total. The lowest BCUT2D eigenvalue weighted by molar-refractivity contribution is -0.00000124. The molecule has 0 fully saturated rings. The average Bonchev–Trinajstić information content (AvgIpc) is 1.38. The Morgan fingerprint density at radius 2 is 1.67 bits per heavy atom. The lowest BCUT2D eigenvalue weighted by Crippen LogP contribution is -3.00. The zero-order valence-electron chi connectivity index (χ0n) is 4.37. The smallest absolute Gasteiger partial charge is 0.0549 e. The first-order valence-electron chi connectivity index (χ1n) is 2.06. The third-order valence-electron chi connectivity index (χ3n) is 0.577. The monoisotopic (exact) mass is 170 g/mol. The van der Waals surface area contributed by atoms with E-state index in [1.807, 2.05) is 9.24 Å². The molecule has 0 rings (SSSR count). The lowest BCUT2D eigenvalue weighted by atomic mass is 10.3. The number of rotatable bonds is 1. The summed E-state index contributed by atoms with van der Waals surface area (Å²) < 4.78 is 0. The van der Waals surface area contributed by atoms with Crippen LogP contribution in [0, 0.1) is 5.92 Å². The molecule has 0 aliphatic heterocycles. The summed E-state index contributed by atoms with van der Waals surface area (Å²) in [5, 5.41) is 0. The third-order valence-corrected chi connectivity index (χ3v) is 1.73. The van der Waals surface area contributed by atoms with Crippen molar-refractivity contribution < 1.29 is 17.0 Å². The molecule has 0 aromatic carbocycles. The van der Waals surface area contributed by atoms with Crippen molar-refractivity contribution >= 4 is 9.24 Å². The van der Waals surface area contributed by atoms with Crippen LogP contribution in [-0.4, -0.2) is 6.16 Å². The van der Waals surface area contributed by atoms with Crippen molar-refractivity contribution in [2.45, 2.75) is 13.8 Å². The molecule has 2 heteroatoms. The van der Waals surface area contributed by atoms with E-state index in [2.05, 4.69) is 13.8 Å². The Morgan fingerprint density at radius 1 is 1.50 bits per heavy atom. The molecule has 6 heavy (non-hydrogen) atoms. The summed E-state index contributed by atoms with van der Waals surface area (Å²) in [4.78, 5) is 0. The van der Waals surface area contributed by atoms with E-state index < -0.39 is 0 Å². The van der Waals surface area contributed by atoms with E-state index >= 15 is 0 Å². The van der Waals surface area contributed by atoms with Crippen molar-refractivity contribution in [3.05, 3.63) is 0 Å². The molecule has 0 amide bonds. The Kier molecular flexibility index (Phi) is 9.86. The van der Waals surface area contributed by atoms with Crippen LogP contribution in [0.3, 0.4) is 0 Å². The fourth-order valence-electron chi connectivity index (χ4n) is 0. The van der Waals surface area contributed by atoms with Crippen LogP contribution in [-0.2, 0) is 0 Å². The highest BCUT2D eigenvalue weighted by atomic mass is 79.9. The van der Waals surface area contributed by atoms with Crippen molar-refractivity contribution in [1.82, 2.24) is 0 Å². The van der Waals surface area contributed by atoms with E-state index in [9.17, 15) is 0 Å². The molecule has 0 heterocycles. The standard InChI is InChI=1S/C4H11P.BrH/c1-4(2)3-5;/h4H,3,5H2,1-2H3;1H. The van der Waals surface area contributed by atoms with E-state index in [-0.39, 0.29) is 17.0 Å². The zero-order chi connectivity index (χ0) is 4.28.